The molecule has 4 rings (SSSR count). The highest BCUT2D eigenvalue weighted by atomic mass is 32.2. The van der Waals surface area contributed by atoms with Crippen LogP contribution in [-0.4, -0.2) is 30.0 Å². The average Bonchev–Trinajstić information content (AvgIpc) is 3.23. The summed E-state index contributed by atoms with van der Waals surface area (Å²) in [5, 5.41) is 2.87. The maximum atomic E-state index is 12.9. The Bertz CT molecular complexity index is 1160. The Balaban J connectivity index is 1.41. The molecule has 0 aromatic heterocycles. The van der Waals surface area contributed by atoms with Crippen molar-refractivity contribution < 1.29 is 14.4 Å². The molecular weight excluding hydrogens is 422 g/mol. The zero-order valence-corrected chi connectivity index (χ0v) is 18.2. The van der Waals surface area contributed by atoms with Gasteiger partial charge < -0.3 is 16.0 Å². The summed E-state index contributed by atoms with van der Waals surface area (Å²) in [7, 11) is 0. The van der Waals surface area contributed by atoms with E-state index in [0.717, 1.165) is 22.6 Å². The topological polar surface area (TPSA) is 92.5 Å². The lowest BCUT2D eigenvalue weighted by molar-refractivity contribution is -0.117. The van der Waals surface area contributed by atoms with Crippen molar-refractivity contribution >= 4 is 40.9 Å². The standard InChI is InChI=1S/C25H23N3O3S/c26-23(29)15-17-9-11-19(12-10-17)27-25(31)20-6-2-4-8-22(20)32-16-24(30)28-14-13-18-5-1-3-7-21(18)28/h1-12H,13-16H2,(H2,26,29)(H,27,31). The summed E-state index contributed by atoms with van der Waals surface area (Å²) in [4.78, 5) is 39.3. The number of nitrogens with zero attached hydrogens (tertiary/aromatic N) is 1. The zero-order valence-electron chi connectivity index (χ0n) is 17.4. The maximum absolute atomic E-state index is 12.9. The summed E-state index contributed by atoms with van der Waals surface area (Å²) in [6.45, 7) is 0.687. The second-order valence-electron chi connectivity index (χ2n) is 7.50. The number of primary amides is 1. The number of rotatable bonds is 7. The quantitative estimate of drug-likeness (QED) is 0.543. The van der Waals surface area contributed by atoms with E-state index in [9.17, 15) is 14.4 Å². The predicted octanol–water partition coefficient (Wildman–Crippen LogP) is 3.65. The molecule has 0 atom stereocenters. The molecule has 0 unspecified atom stereocenters. The van der Waals surface area contributed by atoms with Crippen molar-refractivity contribution in [2.45, 2.75) is 17.7 Å². The smallest absolute Gasteiger partial charge is 0.256 e. The van der Waals surface area contributed by atoms with Crippen LogP contribution in [0.15, 0.2) is 77.7 Å². The van der Waals surface area contributed by atoms with E-state index in [4.69, 9.17) is 5.73 Å². The third kappa shape index (κ3) is 5.00. The van der Waals surface area contributed by atoms with Gasteiger partial charge in [-0.15, -0.1) is 11.8 Å². The summed E-state index contributed by atoms with van der Waals surface area (Å²) in [6, 6.07) is 22.2. The number of amides is 3. The van der Waals surface area contributed by atoms with Crippen molar-refractivity contribution in [3.8, 4) is 0 Å². The number of fused-ring (bicyclic) bond motifs is 1. The van der Waals surface area contributed by atoms with Crippen LogP contribution >= 0.6 is 11.8 Å². The molecule has 3 amide bonds. The van der Waals surface area contributed by atoms with Gasteiger partial charge in [-0.3, -0.25) is 14.4 Å². The van der Waals surface area contributed by atoms with E-state index >= 15 is 0 Å². The number of thioether (sulfide) groups is 1. The Morgan fingerprint density at radius 2 is 1.66 bits per heavy atom. The van der Waals surface area contributed by atoms with Crippen molar-refractivity contribution in [2.75, 3.05) is 22.5 Å². The largest absolute Gasteiger partial charge is 0.369 e. The minimum Gasteiger partial charge on any atom is -0.369 e. The molecule has 1 aliphatic rings. The van der Waals surface area contributed by atoms with Gasteiger partial charge in [0.15, 0.2) is 0 Å². The molecule has 0 aliphatic carbocycles. The number of hydrogen-bond donors (Lipinski definition) is 2. The van der Waals surface area contributed by atoms with Gasteiger partial charge in [-0.05, 0) is 47.9 Å². The van der Waals surface area contributed by atoms with E-state index in [0.29, 0.717) is 17.8 Å². The van der Waals surface area contributed by atoms with Gasteiger partial charge in [0.05, 0.1) is 17.7 Å². The molecule has 1 heterocycles. The molecule has 3 aromatic carbocycles. The minimum absolute atomic E-state index is 0.0280. The van der Waals surface area contributed by atoms with E-state index in [1.165, 1.54) is 17.3 Å². The Hall–Kier alpha value is -3.58. The third-order valence-corrected chi connectivity index (χ3v) is 6.32. The fraction of sp³-hybridized carbons (Fsp3) is 0.160. The molecule has 0 bridgehead atoms. The van der Waals surface area contributed by atoms with E-state index in [2.05, 4.69) is 11.4 Å². The van der Waals surface area contributed by atoms with Gasteiger partial charge in [0.2, 0.25) is 11.8 Å². The van der Waals surface area contributed by atoms with Crippen LogP contribution in [0.4, 0.5) is 11.4 Å². The van der Waals surface area contributed by atoms with Crippen LogP contribution in [0.25, 0.3) is 0 Å². The average molecular weight is 446 g/mol. The minimum atomic E-state index is -0.403. The normalized spacial score (nSPS) is 12.3. The molecule has 162 valence electrons. The van der Waals surface area contributed by atoms with Crippen LogP contribution < -0.4 is 16.0 Å². The lowest BCUT2D eigenvalue weighted by Gasteiger charge is -2.17. The Labute approximate surface area is 190 Å². The van der Waals surface area contributed by atoms with Crippen LogP contribution in [0.2, 0.25) is 0 Å². The summed E-state index contributed by atoms with van der Waals surface area (Å²) >= 11 is 1.36. The number of hydrogen-bond acceptors (Lipinski definition) is 4. The number of anilines is 2. The van der Waals surface area contributed by atoms with Crippen molar-refractivity contribution in [2.24, 2.45) is 5.73 Å². The molecular formula is C25H23N3O3S. The number of carbonyl (C=O) groups excluding carboxylic acids is 3. The molecule has 1 aliphatic heterocycles. The molecule has 3 N–H and O–H groups in total. The first-order valence-electron chi connectivity index (χ1n) is 10.3. The van der Waals surface area contributed by atoms with Crippen molar-refractivity contribution in [3.63, 3.8) is 0 Å². The Morgan fingerprint density at radius 3 is 2.44 bits per heavy atom. The Kier molecular flexibility index (Phi) is 6.56. The van der Waals surface area contributed by atoms with E-state index in [1.807, 2.05) is 35.2 Å². The molecule has 0 radical (unpaired) electrons. The predicted molar refractivity (Wildman–Crippen MR) is 127 cm³/mol. The van der Waals surface area contributed by atoms with Crippen molar-refractivity contribution in [1.29, 1.82) is 0 Å². The molecule has 0 saturated carbocycles. The number of para-hydroxylation sites is 1. The van der Waals surface area contributed by atoms with Crippen LogP contribution in [0.5, 0.6) is 0 Å². The van der Waals surface area contributed by atoms with E-state index in [-0.39, 0.29) is 24.0 Å². The summed E-state index contributed by atoms with van der Waals surface area (Å²) in [6.07, 6.45) is 1.02. The molecule has 0 fully saturated rings. The number of carbonyl (C=O) groups is 3. The monoisotopic (exact) mass is 445 g/mol. The van der Waals surface area contributed by atoms with Gasteiger partial charge in [-0.25, -0.2) is 0 Å². The molecule has 6 nitrogen and oxygen atoms in total. The Morgan fingerprint density at radius 1 is 0.938 bits per heavy atom. The third-order valence-electron chi connectivity index (χ3n) is 5.26. The SMILES string of the molecule is NC(=O)Cc1ccc(NC(=O)c2ccccc2SCC(=O)N2CCc3ccccc32)cc1. The fourth-order valence-corrected chi connectivity index (χ4v) is 4.63. The van der Waals surface area contributed by atoms with Crippen LogP contribution in [0, 0.1) is 0 Å². The van der Waals surface area contributed by atoms with Gasteiger partial charge in [-0.1, -0.05) is 42.5 Å². The van der Waals surface area contributed by atoms with Crippen LogP contribution in [-0.2, 0) is 22.4 Å². The second-order valence-corrected chi connectivity index (χ2v) is 8.52. The first-order valence-corrected chi connectivity index (χ1v) is 11.3. The number of nitrogens with two attached hydrogens (primary N) is 1. The summed E-state index contributed by atoms with van der Waals surface area (Å²) < 4.78 is 0. The summed E-state index contributed by atoms with van der Waals surface area (Å²) in [5.74, 6) is -0.380. The van der Waals surface area contributed by atoms with Crippen LogP contribution in [0.3, 0.4) is 0 Å². The lowest BCUT2D eigenvalue weighted by Crippen LogP contribution is -2.30. The highest BCUT2D eigenvalue weighted by Crippen LogP contribution is 2.30. The summed E-state index contributed by atoms with van der Waals surface area (Å²) in [5.41, 5.74) is 9.29. The maximum Gasteiger partial charge on any atom is 0.256 e. The highest BCUT2D eigenvalue weighted by molar-refractivity contribution is 8.00. The molecule has 0 saturated heterocycles. The highest BCUT2D eigenvalue weighted by Gasteiger charge is 2.24. The van der Waals surface area contributed by atoms with Gasteiger partial charge in [0, 0.05) is 22.8 Å². The molecule has 7 heteroatoms. The van der Waals surface area contributed by atoms with Crippen molar-refractivity contribution in [1.82, 2.24) is 0 Å². The lowest BCUT2D eigenvalue weighted by atomic mass is 10.1. The van der Waals surface area contributed by atoms with Gasteiger partial charge in [0.25, 0.3) is 5.91 Å². The zero-order chi connectivity index (χ0) is 22.5. The molecule has 3 aromatic rings. The fourth-order valence-electron chi connectivity index (χ4n) is 3.70. The number of benzene rings is 3. The second kappa shape index (κ2) is 9.70. The van der Waals surface area contributed by atoms with Crippen LogP contribution in [0.1, 0.15) is 21.5 Å². The molecule has 0 spiro atoms. The van der Waals surface area contributed by atoms with Gasteiger partial charge in [-0.2, -0.15) is 0 Å². The number of nitrogens with one attached hydrogen (secondary N) is 1. The van der Waals surface area contributed by atoms with Crippen molar-refractivity contribution in [3.05, 3.63) is 89.5 Å². The first-order chi connectivity index (χ1) is 15.5. The van der Waals surface area contributed by atoms with E-state index in [1.54, 1.807) is 36.4 Å². The first kappa shape index (κ1) is 21.6. The van der Waals surface area contributed by atoms with Gasteiger partial charge >= 0.3 is 0 Å². The van der Waals surface area contributed by atoms with Gasteiger partial charge in [0.1, 0.15) is 0 Å². The van der Waals surface area contributed by atoms with E-state index < -0.39 is 5.91 Å². The molecule has 32 heavy (non-hydrogen) atoms.